The van der Waals surface area contributed by atoms with Gasteiger partial charge in [-0.1, -0.05) is 19.9 Å². The van der Waals surface area contributed by atoms with Gasteiger partial charge in [-0.3, -0.25) is 4.79 Å². The molecular formula is C19H23N3O4. The van der Waals surface area contributed by atoms with Crippen LogP contribution in [0, 0.1) is 22.7 Å². The lowest BCUT2D eigenvalue weighted by Gasteiger charge is -2.24. The summed E-state index contributed by atoms with van der Waals surface area (Å²) in [6.07, 6.45) is 0.0907. The molecule has 1 aromatic carbocycles. The summed E-state index contributed by atoms with van der Waals surface area (Å²) in [6, 6.07) is 9.46. The van der Waals surface area contributed by atoms with Gasteiger partial charge in [-0.15, -0.1) is 0 Å². The van der Waals surface area contributed by atoms with Crippen molar-refractivity contribution in [2.24, 2.45) is 0 Å². The van der Waals surface area contributed by atoms with Crippen LogP contribution in [0.15, 0.2) is 29.5 Å². The van der Waals surface area contributed by atoms with Crippen LogP contribution < -0.4 is 9.64 Å². The minimum absolute atomic E-state index is 0.0728. The molecule has 0 bridgehead atoms. The van der Waals surface area contributed by atoms with E-state index in [9.17, 15) is 10.1 Å². The Labute approximate surface area is 154 Å². The number of benzene rings is 1. The van der Waals surface area contributed by atoms with Crippen LogP contribution in [0.4, 0.5) is 5.69 Å². The number of nitrogens with zero attached hydrogens (tertiary/aromatic N) is 3. The average molecular weight is 357 g/mol. The second-order valence-electron chi connectivity index (χ2n) is 5.02. The van der Waals surface area contributed by atoms with Gasteiger partial charge in [-0.25, -0.2) is 0 Å². The Bertz CT molecular complexity index is 744. The second kappa shape index (κ2) is 10.8. The number of carbonyl (C=O) groups is 1. The molecule has 1 aliphatic heterocycles. The van der Waals surface area contributed by atoms with Crippen LogP contribution in [0.2, 0.25) is 0 Å². The Hall–Kier alpha value is -3.03. The van der Waals surface area contributed by atoms with Gasteiger partial charge in [0.15, 0.2) is 0 Å². The zero-order valence-corrected chi connectivity index (χ0v) is 15.5. The first kappa shape index (κ1) is 21.0. The van der Waals surface area contributed by atoms with Gasteiger partial charge in [0, 0.05) is 17.3 Å². The molecule has 0 atom stereocenters. The van der Waals surface area contributed by atoms with Crippen molar-refractivity contribution in [3.8, 4) is 17.9 Å². The van der Waals surface area contributed by atoms with Crippen LogP contribution in [0.5, 0.6) is 5.75 Å². The van der Waals surface area contributed by atoms with E-state index in [1.807, 2.05) is 13.8 Å². The van der Waals surface area contributed by atoms with Crippen molar-refractivity contribution in [1.29, 1.82) is 10.5 Å². The molecule has 138 valence electrons. The third-order valence-electron chi connectivity index (χ3n) is 3.67. The van der Waals surface area contributed by atoms with Crippen molar-refractivity contribution in [1.82, 2.24) is 0 Å². The van der Waals surface area contributed by atoms with Gasteiger partial charge in [-0.05, 0) is 6.07 Å². The van der Waals surface area contributed by atoms with E-state index in [4.69, 9.17) is 14.7 Å². The number of esters is 1. The van der Waals surface area contributed by atoms with Crippen LogP contribution in [0.1, 0.15) is 19.4 Å². The Balaban J connectivity index is 0.00000163. The Kier molecular flexibility index (Phi) is 8.69. The van der Waals surface area contributed by atoms with Gasteiger partial charge in [0.25, 0.3) is 0 Å². The van der Waals surface area contributed by atoms with E-state index in [1.165, 1.54) is 14.2 Å². The number of hydrogen-bond donors (Lipinski definition) is 0. The van der Waals surface area contributed by atoms with Crippen LogP contribution in [-0.2, 0) is 20.7 Å². The molecule has 7 nitrogen and oxygen atoms in total. The largest absolute Gasteiger partial charge is 0.496 e. The van der Waals surface area contributed by atoms with Gasteiger partial charge < -0.3 is 19.1 Å². The molecule has 1 heterocycles. The van der Waals surface area contributed by atoms with E-state index in [0.717, 1.165) is 0 Å². The summed E-state index contributed by atoms with van der Waals surface area (Å²) in [5.41, 5.74) is 2.54. The zero-order valence-electron chi connectivity index (χ0n) is 15.5. The van der Waals surface area contributed by atoms with Crippen LogP contribution >= 0.6 is 0 Å². The molecule has 0 N–H and O–H groups in total. The second-order valence-corrected chi connectivity index (χ2v) is 5.02. The van der Waals surface area contributed by atoms with E-state index >= 15 is 0 Å². The summed E-state index contributed by atoms with van der Waals surface area (Å²) in [7, 11) is 2.83. The summed E-state index contributed by atoms with van der Waals surface area (Å²) < 4.78 is 15.3. The first-order valence-electron chi connectivity index (χ1n) is 8.22. The van der Waals surface area contributed by atoms with Gasteiger partial charge in [0.2, 0.25) is 0 Å². The predicted octanol–water partition coefficient (Wildman–Crippen LogP) is 2.57. The molecule has 0 unspecified atom stereocenters. The number of carbonyl (C=O) groups excluding carboxylic acids is 1. The van der Waals surface area contributed by atoms with Crippen molar-refractivity contribution in [2.45, 2.75) is 20.3 Å². The molecule has 26 heavy (non-hydrogen) atoms. The summed E-state index contributed by atoms with van der Waals surface area (Å²) in [5.74, 6) is 0.146. The number of nitriles is 2. The van der Waals surface area contributed by atoms with Crippen molar-refractivity contribution in [3.63, 3.8) is 0 Å². The molecule has 1 aliphatic rings. The molecule has 2 rings (SSSR count). The minimum Gasteiger partial charge on any atom is -0.496 e. The van der Waals surface area contributed by atoms with Crippen LogP contribution in [0.3, 0.4) is 0 Å². The highest BCUT2D eigenvalue weighted by atomic mass is 16.5. The first-order valence-corrected chi connectivity index (χ1v) is 8.22. The van der Waals surface area contributed by atoms with Crippen LogP contribution in [-0.4, -0.2) is 39.9 Å². The van der Waals surface area contributed by atoms with Crippen molar-refractivity contribution in [3.05, 3.63) is 35.0 Å². The van der Waals surface area contributed by atoms with Gasteiger partial charge in [-0.2, -0.15) is 10.5 Å². The molecule has 0 fully saturated rings. The maximum absolute atomic E-state index is 11.5. The molecule has 0 radical (unpaired) electrons. The quantitative estimate of drug-likeness (QED) is 0.570. The molecule has 1 aromatic rings. The summed E-state index contributed by atoms with van der Waals surface area (Å²) >= 11 is 0. The Morgan fingerprint density at radius 2 is 2.00 bits per heavy atom. The fraction of sp³-hybridized carbons (Fsp3) is 0.421. The smallest absolute Gasteiger partial charge is 0.310 e. The standard InChI is InChI=1S/C17H17N3O4.C2H6/c1-22-16-8-14(4-3-12(16)7-17(21)23-2)20(6-5-18)15-11-24-10-13(15)9-19;1-2/h3-4,8H,6-7,10-11H2,1-2H3;1-2H3. The minimum atomic E-state index is -0.367. The molecular weight excluding hydrogens is 334 g/mol. The van der Waals surface area contributed by atoms with E-state index in [0.29, 0.717) is 28.3 Å². The van der Waals surface area contributed by atoms with E-state index in [-0.39, 0.29) is 32.1 Å². The van der Waals surface area contributed by atoms with E-state index in [1.54, 1.807) is 23.1 Å². The summed E-state index contributed by atoms with van der Waals surface area (Å²) in [6.45, 7) is 4.59. The monoisotopic (exact) mass is 357 g/mol. The number of rotatable bonds is 6. The van der Waals surface area contributed by atoms with Crippen molar-refractivity contribution in [2.75, 3.05) is 38.9 Å². The lowest BCUT2D eigenvalue weighted by molar-refractivity contribution is -0.139. The van der Waals surface area contributed by atoms with E-state index in [2.05, 4.69) is 16.9 Å². The Morgan fingerprint density at radius 1 is 1.27 bits per heavy atom. The molecule has 0 aliphatic carbocycles. The maximum Gasteiger partial charge on any atom is 0.310 e. The topological polar surface area (TPSA) is 95.6 Å². The number of anilines is 1. The SMILES string of the molecule is CC.COC(=O)Cc1ccc(N(CC#N)C2=C(C#N)COC2)cc1OC. The molecule has 0 aromatic heterocycles. The van der Waals surface area contributed by atoms with Crippen LogP contribution in [0.25, 0.3) is 0 Å². The fourth-order valence-electron chi connectivity index (χ4n) is 2.45. The normalized spacial score (nSPS) is 12.4. The molecule has 7 heteroatoms. The lowest BCUT2D eigenvalue weighted by atomic mass is 10.1. The zero-order chi connectivity index (χ0) is 19.5. The summed E-state index contributed by atoms with van der Waals surface area (Å²) in [5, 5.41) is 18.3. The highest BCUT2D eigenvalue weighted by molar-refractivity contribution is 5.74. The lowest BCUT2D eigenvalue weighted by Crippen LogP contribution is -2.24. The highest BCUT2D eigenvalue weighted by Crippen LogP contribution is 2.30. The van der Waals surface area contributed by atoms with E-state index < -0.39 is 0 Å². The third kappa shape index (κ3) is 4.98. The number of hydrogen-bond acceptors (Lipinski definition) is 7. The summed E-state index contributed by atoms with van der Waals surface area (Å²) in [4.78, 5) is 13.2. The fourth-order valence-corrected chi connectivity index (χ4v) is 2.45. The Morgan fingerprint density at radius 3 is 2.58 bits per heavy atom. The average Bonchev–Trinajstić information content (AvgIpc) is 3.16. The van der Waals surface area contributed by atoms with Gasteiger partial charge in [0.05, 0.1) is 57.3 Å². The third-order valence-corrected chi connectivity index (χ3v) is 3.67. The molecule has 0 spiro atoms. The highest BCUT2D eigenvalue weighted by Gasteiger charge is 2.23. The van der Waals surface area contributed by atoms with Crippen molar-refractivity contribution < 1.29 is 19.0 Å². The van der Waals surface area contributed by atoms with Gasteiger partial charge in [0.1, 0.15) is 12.3 Å². The molecule has 0 saturated heterocycles. The molecule has 0 saturated carbocycles. The molecule has 0 amide bonds. The number of ether oxygens (including phenoxy) is 3. The maximum atomic E-state index is 11.5. The van der Waals surface area contributed by atoms with Crippen molar-refractivity contribution >= 4 is 11.7 Å². The first-order chi connectivity index (χ1) is 12.6. The van der Waals surface area contributed by atoms with Gasteiger partial charge >= 0.3 is 5.97 Å². The number of methoxy groups -OCH3 is 2. The predicted molar refractivity (Wildman–Crippen MR) is 96.5 cm³/mol.